The highest BCUT2D eigenvalue weighted by molar-refractivity contribution is 7.80. The Morgan fingerprint density at radius 3 is 2.78 bits per heavy atom. The zero-order valence-electron chi connectivity index (χ0n) is 10.4. The maximum absolute atomic E-state index is 5.31. The Hall–Kier alpha value is -1.33. The van der Waals surface area contributed by atoms with Crippen molar-refractivity contribution in [3.8, 4) is 0 Å². The Balaban J connectivity index is 2.30. The lowest BCUT2D eigenvalue weighted by molar-refractivity contribution is 0.748. The number of nitrogens with two attached hydrogens (primary N) is 1. The molecule has 0 atom stereocenters. The van der Waals surface area contributed by atoms with E-state index in [1.807, 2.05) is 30.3 Å². The molecular formula is C13H20N4S. The highest BCUT2D eigenvalue weighted by Crippen LogP contribution is 1.99. The van der Waals surface area contributed by atoms with Crippen LogP contribution in [-0.2, 0) is 6.54 Å². The summed E-state index contributed by atoms with van der Waals surface area (Å²) in [6.45, 7) is 2.20. The van der Waals surface area contributed by atoms with Gasteiger partial charge in [-0.2, -0.15) is 17.7 Å². The van der Waals surface area contributed by atoms with Crippen LogP contribution >= 0.6 is 12.6 Å². The normalized spacial score (nSPS) is 12.2. The van der Waals surface area contributed by atoms with Gasteiger partial charge in [-0.25, -0.2) is 0 Å². The number of benzene rings is 1. The second kappa shape index (κ2) is 9.67. The molecule has 0 radical (unpaired) electrons. The van der Waals surface area contributed by atoms with Crippen LogP contribution in [0.1, 0.15) is 12.0 Å². The molecule has 5 heteroatoms. The average Bonchev–Trinajstić information content (AvgIpc) is 2.42. The summed E-state index contributed by atoms with van der Waals surface area (Å²) in [5.41, 5.74) is 1.93. The third-order valence-corrected chi connectivity index (χ3v) is 2.66. The highest BCUT2D eigenvalue weighted by Gasteiger charge is 1.94. The molecule has 3 N–H and O–H groups in total. The van der Waals surface area contributed by atoms with Crippen LogP contribution in [0.25, 0.3) is 0 Å². The predicted octanol–water partition coefficient (Wildman–Crippen LogP) is 1.48. The Morgan fingerprint density at radius 1 is 1.33 bits per heavy atom. The van der Waals surface area contributed by atoms with Gasteiger partial charge in [0.2, 0.25) is 0 Å². The molecule has 0 aromatic heterocycles. The Kier molecular flexibility index (Phi) is 7.92. The number of rotatable bonds is 8. The van der Waals surface area contributed by atoms with Gasteiger partial charge in [0, 0.05) is 12.8 Å². The van der Waals surface area contributed by atoms with E-state index in [2.05, 4.69) is 28.0 Å². The minimum absolute atomic E-state index is 0.641. The van der Waals surface area contributed by atoms with Crippen LogP contribution in [0.2, 0.25) is 0 Å². The number of aliphatic imine (C=N–C) groups is 1. The highest BCUT2D eigenvalue weighted by atomic mass is 32.1. The Morgan fingerprint density at radius 2 is 2.11 bits per heavy atom. The first kappa shape index (κ1) is 14.7. The molecule has 98 valence electrons. The van der Waals surface area contributed by atoms with E-state index in [1.54, 1.807) is 6.21 Å². The summed E-state index contributed by atoms with van der Waals surface area (Å²) in [7, 11) is 0. The van der Waals surface area contributed by atoms with Gasteiger partial charge < -0.3 is 11.2 Å². The summed E-state index contributed by atoms with van der Waals surface area (Å²) < 4.78 is 0. The van der Waals surface area contributed by atoms with Crippen molar-refractivity contribution in [3.63, 3.8) is 0 Å². The van der Waals surface area contributed by atoms with Gasteiger partial charge in [0.1, 0.15) is 0 Å². The molecule has 1 aromatic rings. The average molecular weight is 264 g/mol. The Bertz CT molecular complexity index is 376. The fourth-order valence-electron chi connectivity index (χ4n) is 1.38. The first-order valence-electron chi connectivity index (χ1n) is 5.99. The molecular weight excluding hydrogens is 244 g/mol. The largest absolute Gasteiger partial charge is 0.323 e. The van der Waals surface area contributed by atoms with E-state index in [9.17, 15) is 0 Å². The van der Waals surface area contributed by atoms with Crippen molar-refractivity contribution in [3.05, 3.63) is 35.9 Å². The molecule has 0 aliphatic heterocycles. The van der Waals surface area contributed by atoms with Crippen molar-refractivity contribution < 1.29 is 0 Å². The van der Waals surface area contributed by atoms with Crippen molar-refractivity contribution in [2.24, 2.45) is 15.9 Å². The van der Waals surface area contributed by atoms with E-state index in [4.69, 9.17) is 5.84 Å². The lowest BCUT2D eigenvalue weighted by atomic mass is 10.2. The minimum atomic E-state index is 0.641. The molecule has 0 heterocycles. The number of hydrogen-bond donors (Lipinski definition) is 3. The molecule has 1 aromatic carbocycles. The quantitative estimate of drug-likeness (QED) is 0.219. The third kappa shape index (κ3) is 6.42. The van der Waals surface area contributed by atoms with E-state index in [-0.39, 0.29) is 0 Å². The molecule has 0 saturated carbocycles. The number of nitrogens with zero attached hydrogens (tertiary/aromatic N) is 2. The van der Waals surface area contributed by atoms with Crippen LogP contribution in [0.4, 0.5) is 0 Å². The van der Waals surface area contributed by atoms with Crippen LogP contribution < -0.4 is 11.2 Å². The second-order valence-corrected chi connectivity index (χ2v) is 4.28. The van der Waals surface area contributed by atoms with Crippen molar-refractivity contribution in [2.45, 2.75) is 13.0 Å². The van der Waals surface area contributed by atoms with E-state index in [1.165, 1.54) is 5.56 Å². The van der Waals surface area contributed by atoms with Crippen LogP contribution in [0.15, 0.2) is 40.4 Å². The van der Waals surface area contributed by atoms with Gasteiger partial charge >= 0.3 is 0 Å². The number of hydrogen-bond acceptors (Lipinski definition) is 5. The second-order valence-electron chi connectivity index (χ2n) is 3.83. The van der Waals surface area contributed by atoms with Gasteiger partial charge in [-0.1, -0.05) is 30.3 Å². The van der Waals surface area contributed by atoms with Crippen LogP contribution in [0, 0.1) is 0 Å². The van der Waals surface area contributed by atoms with Crippen molar-refractivity contribution in [1.29, 1.82) is 0 Å². The summed E-state index contributed by atoms with van der Waals surface area (Å²) >= 11 is 4.14. The molecule has 0 aliphatic carbocycles. The molecule has 1 rings (SSSR count). The summed E-state index contributed by atoms with van der Waals surface area (Å²) in [6, 6.07) is 10.1. The maximum atomic E-state index is 5.31. The van der Waals surface area contributed by atoms with E-state index >= 15 is 0 Å². The monoisotopic (exact) mass is 264 g/mol. The Labute approximate surface area is 114 Å². The summed E-state index contributed by atoms with van der Waals surface area (Å²) in [4.78, 5) is 4.32. The lowest BCUT2D eigenvalue weighted by Crippen LogP contribution is -2.26. The topological polar surface area (TPSA) is 62.8 Å². The van der Waals surface area contributed by atoms with E-state index < -0.39 is 0 Å². The zero-order chi connectivity index (χ0) is 13.1. The number of nitrogens with one attached hydrogen (secondary N) is 1. The molecule has 0 spiro atoms. The molecule has 0 bridgehead atoms. The van der Waals surface area contributed by atoms with Gasteiger partial charge in [0.05, 0.1) is 12.3 Å². The van der Waals surface area contributed by atoms with E-state index in [0.29, 0.717) is 13.1 Å². The summed E-state index contributed by atoms with van der Waals surface area (Å²) in [6.07, 6.45) is 2.75. The molecule has 0 saturated heterocycles. The van der Waals surface area contributed by atoms with Gasteiger partial charge in [-0.05, 0) is 24.3 Å². The van der Waals surface area contributed by atoms with E-state index in [0.717, 1.165) is 24.4 Å². The summed E-state index contributed by atoms with van der Waals surface area (Å²) in [5.74, 6) is 6.19. The predicted molar refractivity (Wildman–Crippen MR) is 81.6 cm³/mol. The van der Waals surface area contributed by atoms with Crippen LogP contribution in [0.5, 0.6) is 0 Å². The molecule has 0 aliphatic rings. The fourth-order valence-corrected chi connectivity index (χ4v) is 1.54. The standard InChI is InChI=1S/C13H20N4S/c14-17-13(10-15-7-4-8-18)11-16-9-12-5-2-1-3-6-12/h1-3,5-6,11,15,18H,4,7-10,14H2/b16-11?,17-13-. The smallest absolute Gasteiger partial charge is 0.0916 e. The first-order valence-corrected chi connectivity index (χ1v) is 6.62. The van der Waals surface area contributed by atoms with Crippen LogP contribution in [0.3, 0.4) is 0 Å². The van der Waals surface area contributed by atoms with Crippen molar-refractivity contribution in [1.82, 2.24) is 5.32 Å². The molecule has 18 heavy (non-hydrogen) atoms. The SMILES string of the molecule is N/N=C(\C=NCc1ccccc1)CNCCCS. The van der Waals surface area contributed by atoms with Crippen LogP contribution in [-0.4, -0.2) is 30.8 Å². The maximum Gasteiger partial charge on any atom is 0.0916 e. The van der Waals surface area contributed by atoms with Crippen molar-refractivity contribution in [2.75, 3.05) is 18.8 Å². The van der Waals surface area contributed by atoms with Gasteiger partial charge in [0.15, 0.2) is 0 Å². The lowest BCUT2D eigenvalue weighted by Gasteiger charge is -2.02. The molecule has 0 amide bonds. The van der Waals surface area contributed by atoms with Gasteiger partial charge in [0.25, 0.3) is 0 Å². The molecule has 4 nitrogen and oxygen atoms in total. The molecule has 0 fully saturated rings. The van der Waals surface area contributed by atoms with Gasteiger partial charge in [-0.3, -0.25) is 4.99 Å². The summed E-state index contributed by atoms with van der Waals surface area (Å²) in [5, 5.41) is 6.94. The number of hydrazone groups is 1. The zero-order valence-corrected chi connectivity index (χ0v) is 11.3. The number of thiol groups is 1. The molecule has 0 unspecified atom stereocenters. The minimum Gasteiger partial charge on any atom is -0.323 e. The fraction of sp³-hybridized carbons (Fsp3) is 0.385. The van der Waals surface area contributed by atoms with Crippen molar-refractivity contribution >= 4 is 24.6 Å². The third-order valence-electron chi connectivity index (χ3n) is 2.34. The van der Waals surface area contributed by atoms with Gasteiger partial charge in [-0.15, -0.1) is 0 Å². The first-order chi connectivity index (χ1) is 8.86.